The summed E-state index contributed by atoms with van der Waals surface area (Å²) in [6.07, 6.45) is 5.10. The van der Waals surface area contributed by atoms with Crippen molar-refractivity contribution in [3.63, 3.8) is 0 Å². The van der Waals surface area contributed by atoms with E-state index in [9.17, 15) is 4.79 Å². The largest absolute Gasteiger partial charge is 0.295 e. The molecule has 0 amide bonds. The van der Waals surface area contributed by atoms with Crippen LogP contribution < -0.4 is 0 Å². The highest BCUT2D eigenvalue weighted by atomic mass is 16.1. The Bertz CT molecular complexity index is 365. The summed E-state index contributed by atoms with van der Waals surface area (Å²) in [7, 11) is 0. The van der Waals surface area contributed by atoms with E-state index in [0.717, 1.165) is 23.1 Å². The fourth-order valence-electron chi connectivity index (χ4n) is 1.68. The molecule has 2 rings (SSSR count). The molecule has 0 aromatic carbocycles. The van der Waals surface area contributed by atoms with Crippen molar-refractivity contribution in [2.75, 3.05) is 0 Å². The number of rotatable bonds is 1. The summed E-state index contributed by atoms with van der Waals surface area (Å²) in [5, 5.41) is 0. The Hall–Kier alpha value is -1.44. The zero-order chi connectivity index (χ0) is 9.26. The first-order chi connectivity index (χ1) is 6.29. The zero-order valence-corrected chi connectivity index (χ0v) is 7.58. The van der Waals surface area contributed by atoms with Crippen LogP contribution in [0, 0.1) is 0 Å². The predicted octanol–water partition coefficient (Wildman–Crippen LogP) is 2.22. The van der Waals surface area contributed by atoms with Crippen molar-refractivity contribution in [3.05, 3.63) is 35.7 Å². The van der Waals surface area contributed by atoms with Gasteiger partial charge in [0.15, 0.2) is 5.78 Å². The van der Waals surface area contributed by atoms with Crippen LogP contribution in [0.25, 0.3) is 5.57 Å². The Labute approximate surface area is 77.3 Å². The van der Waals surface area contributed by atoms with Gasteiger partial charge in [0.25, 0.3) is 0 Å². The van der Waals surface area contributed by atoms with E-state index >= 15 is 0 Å². The highest BCUT2D eigenvalue weighted by molar-refractivity contribution is 6.06. The second kappa shape index (κ2) is 3.13. The normalized spacial score (nSPS) is 16.8. The minimum Gasteiger partial charge on any atom is -0.295 e. The topological polar surface area (TPSA) is 30.0 Å². The van der Waals surface area contributed by atoms with Gasteiger partial charge < -0.3 is 0 Å². The zero-order valence-electron chi connectivity index (χ0n) is 7.58. The molecule has 0 saturated carbocycles. The van der Waals surface area contributed by atoms with Crippen molar-refractivity contribution in [1.29, 1.82) is 0 Å². The second-order valence-corrected chi connectivity index (χ2v) is 3.27. The van der Waals surface area contributed by atoms with E-state index in [1.165, 1.54) is 0 Å². The number of hydrogen-bond acceptors (Lipinski definition) is 2. The second-order valence-electron chi connectivity index (χ2n) is 3.27. The van der Waals surface area contributed by atoms with Gasteiger partial charge in [-0.2, -0.15) is 0 Å². The third kappa shape index (κ3) is 1.39. The number of carbonyl (C=O) groups is 1. The molecule has 0 unspecified atom stereocenters. The van der Waals surface area contributed by atoms with Gasteiger partial charge in [0, 0.05) is 18.8 Å². The van der Waals surface area contributed by atoms with Crippen molar-refractivity contribution >= 4 is 11.4 Å². The van der Waals surface area contributed by atoms with Crippen LogP contribution in [-0.4, -0.2) is 10.8 Å². The number of allylic oxidation sites excluding steroid dienone is 2. The van der Waals surface area contributed by atoms with Crippen LogP contribution in [0.2, 0.25) is 0 Å². The molecule has 1 aliphatic carbocycles. The highest BCUT2D eigenvalue weighted by Crippen LogP contribution is 2.30. The maximum Gasteiger partial charge on any atom is 0.159 e. The average molecular weight is 173 g/mol. The molecule has 1 aromatic heterocycles. The Morgan fingerprint density at radius 2 is 2.23 bits per heavy atom. The number of ketones is 1. The van der Waals surface area contributed by atoms with Crippen LogP contribution in [0.3, 0.4) is 0 Å². The minimum atomic E-state index is 0.277. The molecule has 0 atom stereocenters. The lowest BCUT2D eigenvalue weighted by Gasteiger charge is -2.00. The number of aromatic nitrogens is 1. The number of hydrogen-bond donors (Lipinski definition) is 0. The molecule has 1 heterocycles. The number of nitrogens with zero attached hydrogens (tertiary/aromatic N) is 1. The van der Waals surface area contributed by atoms with Gasteiger partial charge in [0.1, 0.15) is 0 Å². The fourth-order valence-corrected chi connectivity index (χ4v) is 1.68. The molecule has 2 nitrogen and oxygen atoms in total. The van der Waals surface area contributed by atoms with Gasteiger partial charge in [0.2, 0.25) is 0 Å². The Kier molecular flexibility index (Phi) is 1.97. The van der Waals surface area contributed by atoms with Crippen molar-refractivity contribution in [1.82, 2.24) is 4.98 Å². The van der Waals surface area contributed by atoms with Gasteiger partial charge in [-0.3, -0.25) is 9.78 Å². The van der Waals surface area contributed by atoms with Gasteiger partial charge >= 0.3 is 0 Å². The Balaban J connectivity index is 2.43. The summed E-state index contributed by atoms with van der Waals surface area (Å²) in [6, 6.07) is 3.91. The Morgan fingerprint density at radius 3 is 2.77 bits per heavy atom. The van der Waals surface area contributed by atoms with E-state index in [1.54, 1.807) is 6.20 Å². The molecule has 66 valence electrons. The molecular weight excluding hydrogens is 162 g/mol. The summed E-state index contributed by atoms with van der Waals surface area (Å²) < 4.78 is 0. The molecule has 0 bridgehead atoms. The van der Waals surface area contributed by atoms with Crippen LogP contribution >= 0.6 is 0 Å². The van der Waals surface area contributed by atoms with Gasteiger partial charge in [-0.05, 0) is 36.1 Å². The van der Waals surface area contributed by atoms with Crippen molar-refractivity contribution < 1.29 is 4.79 Å². The third-order valence-electron chi connectivity index (χ3n) is 2.48. The smallest absolute Gasteiger partial charge is 0.159 e. The number of pyridine rings is 1. The first-order valence-electron chi connectivity index (χ1n) is 4.42. The van der Waals surface area contributed by atoms with E-state index in [-0.39, 0.29) is 5.78 Å². The predicted molar refractivity (Wildman–Crippen MR) is 51.1 cm³/mol. The molecule has 13 heavy (non-hydrogen) atoms. The summed E-state index contributed by atoms with van der Waals surface area (Å²) >= 11 is 0. The fraction of sp³-hybridized carbons (Fsp3) is 0.273. The molecule has 0 saturated heterocycles. The van der Waals surface area contributed by atoms with Gasteiger partial charge in [-0.1, -0.05) is 6.07 Å². The van der Waals surface area contributed by atoms with E-state index in [0.29, 0.717) is 6.42 Å². The van der Waals surface area contributed by atoms with Crippen molar-refractivity contribution in [2.24, 2.45) is 0 Å². The molecule has 0 aliphatic heterocycles. The Morgan fingerprint density at radius 1 is 1.38 bits per heavy atom. The molecule has 0 spiro atoms. The van der Waals surface area contributed by atoms with E-state index in [2.05, 4.69) is 4.98 Å². The first-order valence-corrected chi connectivity index (χ1v) is 4.42. The summed E-state index contributed by atoms with van der Waals surface area (Å²) in [6.45, 7) is 1.90. The highest BCUT2D eigenvalue weighted by Gasteiger charge is 2.19. The van der Waals surface area contributed by atoms with Crippen molar-refractivity contribution in [3.8, 4) is 0 Å². The quantitative estimate of drug-likeness (QED) is 0.651. The summed E-state index contributed by atoms with van der Waals surface area (Å²) in [4.78, 5) is 15.3. The van der Waals surface area contributed by atoms with E-state index in [1.807, 2.05) is 25.3 Å². The van der Waals surface area contributed by atoms with Crippen LogP contribution in [0.1, 0.15) is 25.3 Å². The van der Waals surface area contributed by atoms with Gasteiger partial charge in [-0.25, -0.2) is 0 Å². The van der Waals surface area contributed by atoms with Gasteiger partial charge in [0.05, 0.1) is 0 Å². The summed E-state index contributed by atoms with van der Waals surface area (Å²) in [5.41, 5.74) is 3.16. The molecule has 1 aromatic rings. The SMILES string of the molecule is CC1=C(c2cccnc2)CCC1=O. The third-order valence-corrected chi connectivity index (χ3v) is 2.48. The van der Waals surface area contributed by atoms with Crippen molar-refractivity contribution in [2.45, 2.75) is 19.8 Å². The minimum absolute atomic E-state index is 0.277. The number of carbonyl (C=O) groups excluding carboxylic acids is 1. The van der Waals surface area contributed by atoms with Crippen LogP contribution in [-0.2, 0) is 4.79 Å². The maximum absolute atomic E-state index is 11.3. The standard InChI is InChI=1S/C11H11NO/c1-8-10(4-5-11(8)13)9-3-2-6-12-7-9/h2-3,6-7H,4-5H2,1H3. The average Bonchev–Trinajstić information content (AvgIpc) is 2.49. The van der Waals surface area contributed by atoms with Gasteiger partial charge in [-0.15, -0.1) is 0 Å². The molecular formula is C11H11NO. The maximum atomic E-state index is 11.3. The molecule has 1 aliphatic rings. The number of Topliss-reactive ketones (excluding diaryl/α,β-unsaturated/α-hetero) is 1. The molecule has 0 N–H and O–H groups in total. The monoisotopic (exact) mass is 173 g/mol. The lowest BCUT2D eigenvalue weighted by Crippen LogP contribution is -1.90. The lowest BCUT2D eigenvalue weighted by atomic mass is 10.1. The molecule has 2 heteroatoms. The van der Waals surface area contributed by atoms with Crippen LogP contribution in [0.5, 0.6) is 0 Å². The van der Waals surface area contributed by atoms with E-state index in [4.69, 9.17) is 0 Å². The lowest BCUT2D eigenvalue weighted by molar-refractivity contribution is -0.114. The molecule has 0 fully saturated rings. The first kappa shape index (κ1) is 8.17. The summed E-state index contributed by atoms with van der Waals surface area (Å²) in [5.74, 6) is 0.277. The van der Waals surface area contributed by atoms with Crippen LogP contribution in [0.15, 0.2) is 30.1 Å². The molecule has 0 radical (unpaired) electrons. The van der Waals surface area contributed by atoms with Crippen LogP contribution in [0.4, 0.5) is 0 Å². The van der Waals surface area contributed by atoms with E-state index < -0.39 is 0 Å².